The van der Waals surface area contributed by atoms with Gasteiger partial charge in [-0.2, -0.15) is 0 Å². The zero-order valence-corrected chi connectivity index (χ0v) is 9.48. The molecule has 0 N–H and O–H groups in total. The first-order valence-corrected chi connectivity index (χ1v) is 5.26. The van der Waals surface area contributed by atoms with Crippen LogP contribution in [-0.2, 0) is 0 Å². The molecule has 0 heterocycles. The summed E-state index contributed by atoms with van der Waals surface area (Å²) >= 11 is 0. The Labute approximate surface area is 78.8 Å². The molecule has 0 aromatic rings. The molecule has 0 spiro atoms. The van der Waals surface area contributed by atoms with Crippen molar-refractivity contribution in [3.05, 3.63) is 6.92 Å². The summed E-state index contributed by atoms with van der Waals surface area (Å²) in [5.74, 6) is 1.72. The van der Waals surface area contributed by atoms with E-state index < -0.39 is 0 Å². The van der Waals surface area contributed by atoms with Crippen LogP contribution in [0.2, 0.25) is 0 Å². The maximum absolute atomic E-state index is 4.17. The number of hydrogen-bond acceptors (Lipinski definition) is 0. The lowest BCUT2D eigenvalue weighted by Gasteiger charge is -2.29. The Kier molecular flexibility index (Phi) is 4.89. The molecule has 1 radical (unpaired) electrons. The lowest BCUT2D eigenvalue weighted by Crippen LogP contribution is -2.18. The van der Waals surface area contributed by atoms with Gasteiger partial charge in [0.2, 0.25) is 0 Å². The zero-order valence-electron chi connectivity index (χ0n) is 9.48. The van der Waals surface area contributed by atoms with Crippen LogP contribution in [0.3, 0.4) is 0 Å². The molecule has 0 rings (SSSR count). The normalized spacial score (nSPS) is 17.5. The molecule has 0 aliphatic carbocycles. The largest absolute Gasteiger partial charge is 0.0651 e. The van der Waals surface area contributed by atoms with Crippen LogP contribution in [0, 0.1) is 24.2 Å². The monoisotopic (exact) mass is 169 g/mol. The summed E-state index contributed by atoms with van der Waals surface area (Å²) in [6.07, 6.45) is 3.86. The molecule has 0 nitrogen and oxygen atoms in total. The minimum absolute atomic E-state index is 0.254. The van der Waals surface area contributed by atoms with Gasteiger partial charge in [0.05, 0.1) is 0 Å². The summed E-state index contributed by atoms with van der Waals surface area (Å²) in [6.45, 7) is 15.6. The average molecular weight is 169 g/mol. The Morgan fingerprint density at radius 2 is 1.67 bits per heavy atom. The summed E-state index contributed by atoms with van der Waals surface area (Å²) < 4.78 is 0. The first kappa shape index (κ1) is 12.0. The highest BCUT2D eigenvalue weighted by Gasteiger charge is 2.20. The van der Waals surface area contributed by atoms with Gasteiger partial charge in [-0.15, -0.1) is 0 Å². The van der Waals surface area contributed by atoms with Crippen LogP contribution in [-0.4, -0.2) is 0 Å². The second-order valence-electron chi connectivity index (χ2n) is 4.92. The predicted molar refractivity (Wildman–Crippen MR) is 57.0 cm³/mol. The van der Waals surface area contributed by atoms with E-state index in [2.05, 4.69) is 41.5 Å². The van der Waals surface area contributed by atoms with Crippen LogP contribution < -0.4 is 0 Å². The summed E-state index contributed by atoms with van der Waals surface area (Å²) in [5.41, 5.74) is 0.254. The average Bonchev–Trinajstić information content (AvgIpc) is 1.97. The Morgan fingerprint density at radius 1 is 1.17 bits per heavy atom. The van der Waals surface area contributed by atoms with Crippen LogP contribution in [0.15, 0.2) is 0 Å². The molecule has 0 aliphatic rings. The van der Waals surface area contributed by atoms with Crippen LogP contribution >= 0.6 is 0 Å². The SMILES string of the molecule is [CH2]C(C)(C)CC(CC)C(C)CC. The van der Waals surface area contributed by atoms with E-state index in [9.17, 15) is 0 Å². The van der Waals surface area contributed by atoms with Crippen LogP contribution in [0.4, 0.5) is 0 Å². The molecule has 0 aliphatic heterocycles. The maximum atomic E-state index is 4.17. The van der Waals surface area contributed by atoms with E-state index in [0.29, 0.717) is 0 Å². The maximum Gasteiger partial charge on any atom is -0.0351 e. The molecule has 0 aromatic carbocycles. The quantitative estimate of drug-likeness (QED) is 0.575. The zero-order chi connectivity index (χ0) is 9.78. The van der Waals surface area contributed by atoms with Crippen molar-refractivity contribution < 1.29 is 0 Å². The van der Waals surface area contributed by atoms with Crippen LogP contribution in [0.5, 0.6) is 0 Å². The molecule has 73 valence electrons. The van der Waals surface area contributed by atoms with E-state index in [0.717, 1.165) is 11.8 Å². The first-order chi connectivity index (χ1) is 5.40. The molecule has 12 heavy (non-hydrogen) atoms. The minimum atomic E-state index is 0.254. The minimum Gasteiger partial charge on any atom is -0.0651 e. The topological polar surface area (TPSA) is 0 Å². The van der Waals surface area contributed by atoms with Crippen molar-refractivity contribution in [3.8, 4) is 0 Å². The molecule has 0 aromatic heterocycles. The van der Waals surface area contributed by atoms with E-state index in [1.165, 1.54) is 19.3 Å². The van der Waals surface area contributed by atoms with Crippen molar-refractivity contribution in [2.75, 3.05) is 0 Å². The lowest BCUT2D eigenvalue weighted by atomic mass is 9.77. The van der Waals surface area contributed by atoms with E-state index >= 15 is 0 Å². The molecular weight excluding hydrogens is 144 g/mol. The van der Waals surface area contributed by atoms with Gasteiger partial charge in [0.15, 0.2) is 0 Å². The highest BCUT2D eigenvalue weighted by Crippen LogP contribution is 2.31. The molecule has 0 fully saturated rings. The Bertz CT molecular complexity index is 108. The van der Waals surface area contributed by atoms with E-state index in [1.54, 1.807) is 0 Å². The highest BCUT2D eigenvalue weighted by atomic mass is 14.3. The van der Waals surface area contributed by atoms with Crippen molar-refractivity contribution in [2.45, 2.75) is 53.9 Å². The van der Waals surface area contributed by atoms with Gasteiger partial charge in [0.25, 0.3) is 0 Å². The molecule has 0 amide bonds. The Balaban J connectivity index is 3.99. The van der Waals surface area contributed by atoms with Crippen molar-refractivity contribution in [1.82, 2.24) is 0 Å². The fraction of sp³-hybridized carbons (Fsp3) is 0.917. The Morgan fingerprint density at radius 3 is 1.92 bits per heavy atom. The predicted octanol–water partition coefficient (Wildman–Crippen LogP) is 4.31. The van der Waals surface area contributed by atoms with Gasteiger partial charge in [0, 0.05) is 0 Å². The molecule has 0 saturated heterocycles. The second kappa shape index (κ2) is 4.89. The molecule has 2 unspecified atom stereocenters. The van der Waals surface area contributed by atoms with Gasteiger partial charge in [0.1, 0.15) is 0 Å². The van der Waals surface area contributed by atoms with Crippen LogP contribution in [0.1, 0.15) is 53.9 Å². The first-order valence-electron chi connectivity index (χ1n) is 5.26. The van der Waals surface area contributed by atoms with Crippen molar-refractivity contribution in [1.29, 1.82) is 0 Å². The molecule has 0 saturated carbocycles. The lowest BCUT2D eigenvalue weighted by molar-refractivity contribution is 0.242. The molecular formula is C12H25. The highest BCUT2D eigenvalue weighted by molar-refractivity contribution is 4.77. The van der Waals surface area contributed by atoms with E-state index in [-0.39, 0.29) is 5.41 Å². The third-order valence-corrected chi connectivity index (χ3v) is 2.79. The van der Waals surface area contributed by atoms with Crippen molar-refractivity contribution >= 4 is 0 Å². The summed E-state index contributed by atoms with van der Waals surface area (Å²) in [4.78, 5) is 0. The van der Waals surface area contributed by atoms with E-state index in [1.807, 2.05) is 0 Å². The third-order valence-electron chi connectivity index (χ3n) is 2.79. The van der Waals surface area contributed by atoms with Gasteiger partial charge in [-0.25, -0.2) is 0 Å². The summed E-state index contributed by atoms with van der Waals surface area (Å²) in [7, 11) is 0. The molecule has 0 heteroatoms. The fourth-order valence-corrected chi connectivity index (χ4v) is 1.79. The third kappa shape index (κ3) is 4.79. The molecule has 2 atom stereocenters. The van der Waals surface area contributed by atoms with E-state index in [4.69, 9.17) is 0 Å². The van der Waals surface area contributed by atoms with Gasteiger partial charge < -0.3 is 0 Å². The van der Waals surface area contributed by atoms with Gasteiger partial charge >= 0.3 is 0 Å². The number of hydrogen-bond donors (Lipinski definition) is 0. The standard InChI is InChI=1S/C12H25/c1-7-10(3)11(8-2)9-12(4,5)6/h10-11H,4,7-9H2,1-3,5-6H3. The molecule has 0 bridgehead atoms. The van der Waals surface area contributed by atoms with Crippen molar-refractivity contribution in [2.24, 2.45) is 17.3 Å². The second-order valence-corrected chi connectivity index (χ2v) is 4.92. The van der Waals surface area contributed by atoms with Gasteiger partial charge in [-0.05, 0) is 30.6 Å². The number of rotatable bonds is 5. The van der Waals surface area contributed by atoms with Gasteiger partial charge in [-0.1, -0.05) is 47.5 Å². The Hall–Kier alpha value is 0. The smallest absolute Gasteiger partial charge is 0.0351 e. The summed E-state index contributed by atoms with van der Waals surface area (Å²) in [6, 6.07) is 0. The van der Waals surface area contributed by atoms with Crippen molar-refractivity contribution in [3.63, 3.8) is 0 Å². The summed E-state index contributed by atoms with van der Waals surface area (Å²) in [5, 5.41) is 0. The fourth-order valence-electron chi connectivity index (χ4n) is 1.79. The van der Waals surface area contributed by atoms with Crippen LogP contribution in [0.25, 0.3) is 0 Å². The van der Waals surface area contributed by atoms with Gasteiger partial charge in [-0.3, -0.25) is 0 Å².